The minimum Gasteiger partial charge on any atom is -0.271 e. The fraction of sp³-hybridized carbons (Fsp3) is 0.200. The van der Waals surface area contributed by atoms with Gasteiger partial charge in [0.25, 0.3) is 0 Å². The summed E-state index contributed by atoms with van der Waals surface area (Å²) in [5, 5.41) is 0. The highest BCUT2D eigenvalue weighted by atomic mass is 79.9. The van der Waals surface area contributed by atoms with E-state index in [-0.39, 0.29) is 6.04 Å². The van der Waals surface area contributed by atoms with E-state index in [0.29, 0.717) is 0 Å². The van der Waals surface area contributed by atoms with E-state index >= 15 is 0 Å². The third kappa shape index (κ3) is 3.19. The molecule has 2 nitrogen and oxygen atoms in total. The zero-order valence-electron chi connectivity index (χ0n) is 10.4. The number of hydrazine groups is 1. The van der Waals surface area contributed by atoms with Crippen LogP contribution in [0.15, 0.2) is 53.0 Å². The maximum absolute atomic E-state index is 5.68. The molecular weight excluding hydrogens is 288 g/mol. The van der Waals surface area contributed by atoms with E-state index in [1.54, 1.807) is 0 Å². The molecule has 94 valence electrons. The molecule has 18 heavy (non-hydrogen) atoms. The maximum atomic E-state index is 5.68. The number of aryl methyl sites for hydroxylation is 1. The zero-order chi connectivity index (χ0) is 13.0. The van der Waals surface area contributed by atoms with Crippen molar-refractivity contribution in [2.24, 2.45) is 5.84 Å². The molecule has 0 aliphatic rings. The molecule has 0 saturated carbocycles. The van der Waals surface area contributed by atoms with Crippen LogP contribution in [0.4, 0.5) is 0 Å². The predicted octanol–water partition coefficient (Wildman–Crippen LogP) is 3.50. The summed E-state index contributed by atoms with van der Waals surface area (Å²) < 4.78 is 1.13. The average Bonchev–Trinajstić information content (AvgIpc) is 2.40. The van der Waals surface area contributed by atoms with Crippen molar-refractivity contribution in [3.8, 4) is 0 Å². The zero-order valence-corrected chi connectivity index (χ0v) is 11.9. The van der Waals surface area contributed by atoms with Crippen molar-refractivity contribution < 1.29 is 0 Å². The molecule has 0 aliphatic heterocycles. The Labute approximate surface area is 116 Å². The number of benzene rings is 2. The minimum atomic E-state index is 0.138. The molecule has 1 atom stereocenters. The number of nitrogens with two attached hydrogens (primary N) is 1. The Bertz CT molecular complexity index is 511. The van der Waals surface area contributed by atoms with Crippen LogP contribution in [0.1, 0.15) is 22.7 Å². The van der Waals surface area contributed by atoms with Gasteiger partial charge in [0.05, 0.1) is 0 Å². The van der Waals surface area contributed by atoms with Gasteiger partial charge < -0.3 is 0 Å². The summed E-state index contributed by atoms with van der Waals surface area (Å²) in [7, 11) is 0. The summed E-state index contributed by atoms with van der Waals surface area (Å²) in [4.78, 5) is 0. The third-order valence-electron chi connectivity index (χ3n) is 3.07. The molecule has 0 heterocycles. The molecule has 0 aliphatic carbocycles. The smallest absolute Gasteiger partial charge is 0.0500 e. The molecule has 0 saturated heterocycles. The highest BCUT2D eigenvalue weighted by molar-refractivity contribution is 9.10. The van der Waals surface area contributed by atoms with Crippen LogP contribution in [0.25, 0.3) is 0 Å². The van der Waals surface area contributed by atoms with Gasteiger partial charge in [-0.25, -0.2) is 0 Å². The van der Waals surface area contributed by atoms with Crippen molar-refractivity contribution in [3.63, 3.8) is 0 Å². The molecule has 1 unspecified atom stereocenters. The first-order chi connectivity index (χ1) is 8.70. The van der Waals surface area contributed by atoms with E-state index in [1.165, 1.54) is 16.7 Å². The topological polar surface area (TPSA) is 38.0 Å². The first-order valence-electron chi connectivity index (χ1n) is 5.97. The molecule has 0 aromatic heterocycles. The Morgan fingerprint density at radius 3 is 2.50 bits per heavy atom. The van der Waals surface area contributed by atoms with Crippen molar-refractivity contribution in [1.29, 1.82) is 0 Å². The minimum absolute atomic E-state index is 0.138. The molecule has 0 fully saturated rings. The van der Waals surface area contributed by atoms with Crippen molar-refractivity contribution in [1.82, 2.24) is 5.43 Å². The average molecular weight is 305 g/mol. The van der Waals surface area contributed by atoms with Crippen LogP contribution in [0.3, 0.4) is 0 Å². The fourth-order valence-electron chi connectivity index (χ4n) is 2.01. The summed E-state index contributed by atoms with van der Waals surface area (Å²) in [5.41, 5.74) is 6.61. The fourth-order valence-corrected chi connectivity index (χ4v) is 2.25. The van der Waals surface area contributed by atoms with Gasteiger partial charge in [-0.1, -0.05) is 58.4 Å². The first kappa shape index (κ1) is 13.3. The molecule has 0 spiro atoms. The van der Waals surface area contributed by atoms with E-state index in [9.17, 15) is 0 Å². The van der Waals surface area contributed by atoms with E-state index in [1.807, 2.05) is 6.07 Å². The first-order valence-corrected chi connectivity index (χ1v) is 6.76. The lowest BCUT2D eigenvalue weighted by molar-refractivity contribution is 0.551. The normalized spacial score (nSPS) is 12.4. The van der Waals surface area contributed by atoms with Gasteiger partial charge in [-0.05, 0) is 36.1 Å². The monoisotopic (exact) mass is 304 g/mol. The molecule has 2 rings (SSSR count). The van der Waals surface area contributed by atoms with Crippen LogP contribution in [0.5, 0.6) is 0 Å². The van der Waals surface area contributed by atoms with Gasteiger partial charge in [0.2, 0.25) is 0 Å². The summed E-state index contributed by atoms with van der Waals surface area (Å²) in [6.07, 6.45) is 0.887. The second-order valence-corrected chi connectivity index (χ2v) is 5.27. The number of nitrogens with one attached hydrogen (secondary N) is 1. The second kappa shape index (κ2) is 6.14. The summed E-state index contributed by atoms with van der Waals surface area (Å²) in [5.74, 6) is 5.68. The molecule has 2 aromatic rings. The van der Waals surface area contributed by atoms with Crippen LogP contribution >= 0.6 is 15.9 Å². The van der Waals surface area contributed by atoms with Crippen LogP contribution in [0.2, 0.25) is 0 Å². The van der Waals surface area contributed by atoms with Gasteiger partial charge in [-0.2, -0.15) is 0 Å². The van der Waals surface area contributed by atoms with E-state index < -0.39 is 0 Å². The lowest BCUT2D eigenvalue weighted by Crippen LogP contribution is -2.29. The van der Waals surface area contributed by atoms with Gasteiger partial charge >= 0.3 is 0 Å². The lowest BCUT2D eigenvalue weighted by atomic mass is 9.98. The van der Waals surface area contributed by atoms with Gasteiger partial charge in [-0.3, -0.25) is 11.3 Å². The third-order valence-corrected chi connectivity index (χ3v) is 3.96. The van der Waals surface area contributed by atoms with E-state index in [0.717, 1.165) is 10.9 Å². The quantitative estimate of drug-likeness (QED) is 0.670. The van der Waals surface area contributed by atoms with E-state index in [2.05, 4.69) is 70.7 Å². The van der Waals surface area contributed by atoms with Crippen molar-refractivity contribution in [3.05, 3.63) is 69.7 Å². The molecule has 0 bridgehead atoms. The molecule has 0 amide bonds. The van der Waals surface area contributed by atoms with Crippen molar-refractivity contribution >= 4 is 15.9 Å². The highest BCUT2D eigenvalue weighted by Crippen LogP contribution is 2.23. The number of hydrogen-bond acceptors (Lipinski definition) is 2. The lowest BCUT2D eigenvalue weighted by Gasteiger charge is -2.17. The molecule has 3 heteroatoms. The Balaban J connectivity index is 2.20. The Kier molecular flexibility index (Phi) is 4.53. The molecule has 0 radical (unpaired) electrons. The highest BCUT2D eigenvalue weighted by Gasteiger charge is 2.11. The van der Waals surface area contributed by atoms with Crippen molar-refractivity contribution in [2.75, 3.05) is 0 Å². The Morgan fingerprint density at radius 1 is 1.17 bits per heavy atom. The summed E-state index contributed by atoms with van der Waals surface area (Å²) >= 11 is 3.52. The predicted molar refractivity (Wildman–Crippen MR) is 79.1 cm³/mol. The summed E-state index contributed by atoms with van der Waals surface area (Å²) in [6.45, 7) is 2.09. The van der Waals surface area contributed by atoms with E-state index in [4.69, 9.17) is 5.84 Å². The molecule has 2 aromatic carbocycles. The maximum Gasteiger partial charge on any atom is 0.0500 e. The Hall–Kier alpha value is -1.16. The largest absolute Gasteiger partial charge is 0.271 e. The van der Waals surface area contributed by atoms with Gasteiger partial charge in [0.15, 0.2) is 0 Å². The second-order valence-electron chi connectivity index (χ2n) is 4.42. The van der Waals surface area contributed by atoms with Crippen LogP contribution < -0.4 is 11.3 Å². The van der Waals surface area contributed by atoms with Crippen LogP contribution in [-0.2, 0) is 6.42 Å². The van der Waals surface area contributed by atoms with Gasteiger partial charge in [0.1, 0.15) is 0 Å². The standard InChI is InChI=1S/C15H17BrN2/c1-11-9-13(7-8-14(11)16)15(18-17)10-12-5-3-2-4-6-12/h2-9,15,18H,10,17H2,1H3. The molecule has 3 N–H and O–H groups in total. The van der Waals surface area contributed by atoms with Crippen LogP contribution in [0, 0.1) is 6.92 Å². The molecular formula is C15H17BrN2. The number of halogens is 1. The van der Waals surface area contributed by atoms with Crippen LogP contribution in [-0.4, -0.2) is 0 Å². The van der Waals surface area contributed by atoms with Gasteiger partial charge in [0, 0.05) is 10.5 Å². The SMILES string of the molecule is Cc1cc(C(Cc2ccccc2)NN)ccc1Br. The summed E-state index contributed by atoms with van der Waals surface area (Å²) in [6, 6.07) is 16.8. The number of rotatable bonds is 4. The van der Waals surface area contributed by atoms with Crippen molar-refractivity contribution in [2.45, 2.75) is 19.4 Å². The number of hydrogen-bond donors (Lipinski definition) is 2. The van der Waals surface area contributed by atoms with Gasteiger partial charge in [-0.15, -0.1) is 0 Å². The Morgan fingerprint density at radius 2 is 1.89 bits per heavy atom.